The standard InChI is InChI=1S/C10H10N4O/c11-10(13-9-4-5-12-14-9)7-2-1-3-8(15)6-7/h1-6,15H,(H3,11,12,13,14). The zero-order valence-electron chi connectivity index (χ0n) is 7.88. The zero-order chi connectivity index (χ0) is 10.7. The molecule has 76 valence electrons. The number of aromatic nitrogens is 2. The zero-order valence-corrected chi connectivity index (χ0v) is 7.88. The van der Waals surface area contributed by atoms with Gasteiger partial charge in [-0.1, -0.05) is 12.1 Å². The lowest BCUT2D eigenvalue weighted by Gasteiger charge is -1.99. The van der Waals surface area contributed by atoms with Crippen molar-refractivity contribution in [2.45, 2.75) is 0 Å². The molecule has 0 spiro atoms. The van der Waals surface area contributed by atoms with Gasteiger partial charge in [0.2, 0.25) is 0 Å². The quantitative estimate of drug-likeness (QED) is 0.504. The fraction of sp³-hybridized carbons (Fsp3) is 0. The SMILES string of the molecule is NC(=Nc1cc[nH]n1)c1cccc(O)c1. The highest BCUT2D eigenvalue weighted by Gasteiger charge is 2.00. The molecule has 0 radical (unpaired) electrons. The summed E-state index contributed by atoms with van der Waals surface area (Å²) in [5, 5.41) is 15.7. The number of phenolic OH excluding ortho intramolecular Hbond substituents is 1. The van der Waals surface area contributed by atoms with Gasteiger partial charge in [-0.2, -0.15) is 5.10 Å². The molecule has 0 aliphatic carbocycles. The van der Waals surface area contributed by atoms with Crippen LogP contribution in [-0.4, -0.2) is 21.1 Å². The molecule has 5 nitrogen and oxygen atoms in total. The topological polar surface area (TPSA) is 87.3 Å². The Morgan fingerprint density at radius 3 is 2.93 bits per heavy atom. The third kappa shape index (κ3) is 2.14. The fourth-order valence-electron chi connectivity index (χ4n) is 1.17. The number of hydrogen-bond donors (Lipinski definition) is 3. The molecule has 2 rings (SSSR count). The molecule has 2 aromatic rings. The largest absolute Gasteiger partial charge is 0.508 e. The molecule has 0 aliphatic heterocycles. The van der Waals surface area contributed by atoms with Gasteiger partial charge in [-0.15, -0.1) is 0 Å². The number of benzene rings is 1. The number of rotatable bonds is 2. The molecular weight excluding hydrogens is 192 g/mol. The maximum Gasteiger partial charge on any atom is 0.175 e. The summed E-state index contributed by atoms with van der Waals surface area (Å²) in [4.78, 5) is 4.07. The number of hydrogen-bond acceptors (Lipinski definition) is 3. The van der Waals surface area contributed by atoms with Gasteiger partial charge in [0.25, 0.3) is 0 Å². The van der Waals surface area contributed by atoms with Crippen molar-refractivity contribution in [3.63, 3.8) is 0 Å². The Kier molecular flexibility index (Phi) is 2.37. The summed E-state index contributed by atoms with van der Waals surface area (Å²) in [5.41, 5.74) is 6.40. The van der Waals surface area contributed by atoms with E-state index in [4.69, 9.17) is 5.73 Å². The lowest BCUT2D eigenvalue weighted by Crippen LogP contribution is -2.12. The second kappa shape index (κ2) is 3.83. The highest BCUT2D eigenvalue weighted by Crippen LogP contribution is 2.12. The number of nitrogens with one attached hydrogen (secondary N) is 1. The molecule has 0 fully saturated rings. The van der Waals surface area contributed by atoms with Crippen molar-refractivity contribution in [3.05, 3.63) is 42.1 Å². The van der Waals surface area contributed by atoms with Crippen molar-refractivity contribution >= 4 is 11.7 Å². The van der Waals surface area contributed by atoms with Crippen LogP contribution in [0, 0.1) is 0 Å². The minimum atomic E-state index is 0.160. The summed E-state index contributed by atoms with van der Waals surface area (Å²) < 4.78 is 0. The number of aromatic amines is 1. The molecule has 0 aliphatic rings. The number of aromatic hydroxyl groups is 1. The Balaban J connectivity index is 2.32. The lowest BCUT2D eigenvalue weighted by molar-refractivity contribution is 0.475. The van der Waals surface area contributed by atoms with E-state index in [1.807, 2.05) is 0 Å². The van der Waals surface area contributed by atoms with E-state index in [1.54, 1.807) is 36.5 Å². The molecule has 1 heterocycles. The highest BCUT2D eigenvalue weighted by molar-refractivity contribution is 5.99. The third-order valence-corrected chi connectivity index (χ3v) is 1.86. The predicted molar refractivity (Wildman–Crippen MR) is 57.1 cm³/mol. The summed E-state index contributed by atoms with van der Waals surface area (Å²) in [6, 6.07) is 8.30. The average Bonchev–Trinajstić information content (AvgIpc) is 2.70. The summed E-state index contributed by atoms with van der Waals surface area (Å²) >= 11 is 0. The van der Waals surface area contributed by atoms with Crippen LogP contribution in [0.4, 0.5) is 5.82 Å². The van der Waals surface area contributed by atoms with Crippen LogP contribution >= 0.6 is 0 Å². The average molecular weight is 202 g/mol. The van der Waals surface area contributed by atoms with Crippen LogP contribution in [-0.2, 0) is 0 Å². The molecule has 1 aromatic carbocycles. The number of aliphatic imine (C=N–C) groups is 1. The number of nitrogens with zero attached hydrogens (tertiary/aromatic N) is 2. The molecule has 0 saturated heterocycles. The Morgan fingerprint density at radius 1 is 1.40 bits per heavy atom. The van der Waals surface area contributed by atoms with Crippen LogP contribution < -0.4 is 5.73 Å². The van der Waals surface area contributed by atoms with Gasteiger partial charge in [-0.25, -0.2) is 4.99 Å². The Morgan fingerprint density at radius 2 is 2.27 bits per heavy atom. The van der Waals surface area contributed by atoms with Crippen LogP contribution in [0.2, 0.25) is 0 Å². The van der Waals surface area contributed by atoms with Gasteiger partial charge in [-0.3, -0.25) is 5.10 Å². The fourth-order valence-corrected chi connectivity index (χ4v) is 1.17. The van der Waals surface area contributed by atoms with Gasteiger partial charge >= 0.3 is 0 Å². The predicted octanol–water partition coefficient (Wildman–Crippen LogP) is 1.15. The summed E-state index contributed by atoms with van der Waals surface area (Å²) in [6.07, 6.45) is 1.66. The second-order valence-corrected chi connectivity index (χ2v) is 2.98. The van der Waals surface area contributed by atoms with E-state index in [9.17, 15) is 5.11 Å². The second-order valence-electron chi connectivity index (χ2n) is 2.98. The van der Waals surface area contributed by atoms with E-state index >= 15 is 0 Å². The van der Waals surface area contributed by atoms with Crippen molar-refractivity contribution in [1.29, 1.82) is 0 Å². The smallest absolute Gasteiger partial charge is 0.175 e. The Bertz CT molecular complexity index is 476. The normalized spacial score (nSPS) is 11.6. The molecule has 5 heteroatoms. The van der Waals surface area contributed by atoms with E-state index in [0.29, 0.717) is 17.2 Å². The number of amidine groups is 1. The molecule has 4 N–H and O–H groups in total. The molecule has 0 saturated carbocycles. The number of phenols is 1. The number of nitrogens with two attached hydrogens (primary N) is 1. The summed E-state index contributed by atoms with van der Waals surface area (Å²) in [7, 11) is 0. The van der Waals surface area contributed by atoms with Crippen LogP contribution in [0.1, 0.15) is 5.56 Å². The van der Waals surface area contributed by atoms with Gasteiger partial charge in [0.05, 0.1) is 0 Å². The van der Waals surface area contributed by atoms with Crippen LogP contribution in [0.3, 0.4) is 0 Å². The van der Waals surface area contributed by atoms with Gasteiger partial charge in [0, 0.05) is 17.8 Å². The van der Waals surface area contributed by atoms with Gasteiger partial charge in [0.1, 0.15) is 11.6 Å². The molecule has 0 unspecified atom stereocenters. The maximum atomic E-state index is 9.26. The van der Waals surface area contributed by atoms with E-state index in [2.05, 4.69) is 15.2 Å². The van der Waals surface area contributed by atoms with Gasteiger partial charge in [0.15, 0.2) is 5.82 Å². The molecule has 1 aromatic heterocycles. The van der Waals surface area contributed by atoms with E-state index in [1.165, 1.54) is 0 Å². The van der Waals surface area contributed by atoms with E-state index in [0.717, 1.165) is 0 Å². The third-order valence-electron chi connectivity index (χ3n) is 1.86. The molecule has 0 atom stereocenters. The Hall–Kier alpha value is -2.30. The van der Waals surface area contributed by atoms with Crippen molar-refractivity contribution in [1.82, 2.24) is 10.2 Å². The van der Waals surface area contributed by atoms with Crippen LogP contribution in [0.5, 0.6) is 5.75 Å². The highest BCUT2D eigenvalue weighted by atomic mass is 16.3. The maximum absolute atomic E-state index is 9.26. The minimum Gasteiger partial charge on any atom is -0.508 e. The summed E-state index contributed by atoms with van der Waals surface area (Å²) in [6.45, 7) is 0. The molecule has 0 amide bonds. The first-order chi connectivity index (χ1) is 7.25. The van der Waals surface area contributed by atoms with Crippen molar-refractivity contribution < 1.29 is 5.11 Å². The first-order valence-electron chi connectivity index (χ1n) is 4.39. The molecule has 0 bridgehead atoms. The van der Waals surface area contributed by atoms with Gasteiger partial charge < -0.3 is 10.8 Å². The lowest BCUT2D eigenvalue weighted by atomic mass is 10.2. The Labute approximate surface area is 86.3 Å². The number of H-pyrrole nitrogens is 1. The molecular formula is C10H10N4O. The van der Waals surface area contributed by atoms with E-state index < -0.39 is 0 Å². The van der Waals surface area contributed by atoms with Gasteiger partial charge in [-0.05, 0) is 12.1 Å². The van der Waals surface area contributed by atoms with Crippen LogP contribution in [0.25, 0.3) is 0 Å². The van der Waals surface area contributed by atoms with Crippen molar-refractivity contribution in [2.75, 3.05) is 0 Å². The van der Waals surface area contributed by atoms with E-state index in [-0.39, 0.29) is 5.75 Å². The summed E-state index contributed by atoms with van der Waals surface area (Å²) in [5.74, 6) is 0.988. The first kappa shape index (κ1) is 9.26. The monoisotopic (exact) mass is 202 g/mol. The van der Waals surface area contributed by atoms with Crippen LogP contribution in [0.15, 0.2) is 41.5 Å². The minimum absolute atomic E-state index is 0.160. The van der Waals surface area contributed by atoms with Crippen molar-refractivity contribution in [2.24, 2.45) is 10.7 Å². The molecule has 15 heavy (non-hydrogen) atoms. The first-order valence-corrected chi connectivity index (χ1v) is 4.39. The van der Waals surface area contributed by atoms with Crippen molar-refractivity contribution in [3.8, 4) is 5.75 Å².